The van der Waals surface area contributed by atoms with Crippen LogP contribution in [0.25, 0.3) is 10.2 Å². The maximum absolute atomic E-state index is 12.7. The molecule has 7 nitrogen and oxygen atoms in total. The summed E-state index contributed by atoms with van der Waals surface area (Å²) in [6.07, 6.45) is 1.86. The lowest BCUT2D eigenvalue weighted by Crippen LogP contribution is -2.40. The van der Waals surface area contributed by atoms with E-state index in [4.69, 9.17) is 4.74 Å². The van der Waals surface area contributed by atoms with Crippen LogP contribution in [0.3, 0.4) is 0 Å². The lowest BCUT2D eigenvalue weighted by Gasteiger charge is -2.25. The number of rotatable bonds is 4. The number of anilines is 1. The summed E-state index contributed by atoms with van der Waals surface area (Å²) in [6.45, 7) is 1.57. The van der Waals surface area contributed by atoms with Crippen molar-refractivity contribution >= 4 is 42.6 Å². The van der Waals surface area contributed by atoms with Gasteiger partial charge in [0.1, 0.15) is 0 Å². The van der Waals surface area contributed by atoms with Gasteiger partial charge in [-0.25, -0.2) is 13.4 Å². The number of ether oxygens (including phenoxy) is 1. The molecule has 4 rings (SSSR count). The highest BCUT2D eigenvalue weighted by Gasteiger charge is 2.30. The molecule has 9 heteroatoms. The molecule has 1 aromatic carbocycles. The second-order valence-corrected chi connectivity index (χ2v) is 8.90. The molecule has 0 bridgehead atoms. The first-order valence-electron chi connectivity index (χ1n) is 7.83. The second kappa shape index (κ2) is 6.07. The number of nitrogens with one attached hydrogen (secondary N) is 1. The first-order valence-corrected chi connectivity index (χ1v) is 10.1. The number of amides is 1. The zero-order valence-electron chi connectivity index (χ0n) is 12.9. The van der Waals surface area contributed by atoms with Crippen molar-refractivity contribution in [3.05, 3.63) is 18.2 Å². The van der Waals surface area contributed by atoms with E-state index >= 15 is 0 Å². The van der Waals surface area contributed by atoms with Crippen LogP contribution in [0.15, 0.2) is 23.1 Å². The zero-order chi connectivity index (χ0) is 16.7. The van der Waals surface area contributed by atoms with Gasteiger partial charge in [0.25, 0.3) is 0 Å². The zero-order valence-corrected chi connectivity index (χ0v) is 14.5. The highest BCUT2D eigenvalue weighted by molar-refractivity contribution is 7.89. The summed E-state index contributed by atoms with van der Waals surface area (Å²) in [7, 11) is -3.53. The Hall–Kier alpha value is -1.55. The molecule has 1 aliphatic carbocycles. The Bertz CT molecular complexity index is 883. The molecule has 2 aromatic rings. The average Bonchev–Trinajstić information content (AvgIpc) is 3.36. The smallest absolute Gasteiger partial charge is 0.243 e. The minimum absolute atomic E-state index is 0.00443. The summed E-state index contributed by atoms with van der Waals surface area (Å²) >= 11 is 1.30. The molecule has 2 fully saturated rings. The highest BCUT2D eigenvalue weighted by atomic mass is 32.2. The summed E-state index contributed by atoms with van der Waals surface area (Å²) in [5, 5.41) is 3.32. The van der Waals surface area contributed by atoms with Crippen LogP contribution in [0.4, 0.5) is 5.13 Å². The van der Waals surface area contributed by atoms with Crippen molar-refractivity contribution in [3.63, 3.8) is 0 Å². The van der Waals surface area contributed by atoms with Crippen LogP contribution in [-0.2, 0) is 19.6 Å². The monoisotopic (exact) mass is 367 g/mol. The van der Waals surface area contributed by atoms with E-state index in [1.165, 1.54) is 15.6 Å². The molecule has 0 unspecified atom stereocenters. The van der Waals surface area contributed by atoms with Gasteiger partial charge in [-0.2, -0.15) is 4.31 Å². The number of sulfonamides is 1. The van der Waals surface area contributed by atoms with Crippen molar-refractivity contribution in [1.29, 1.82) is 0 Å². The van der Waals surface area contributed by atoms with Gasteiger partial charge in [0.05, 0.1) is 28.3 Å². The maximum Gasteiger partial charge on any atom is 0.243 e. The van der Waals surface area contributed by atoms with Gasteiger partial charge in [0, 0.05) is 19.0 Å². The molecule has 1 saturated heterocycles. The molecule has 1 saturated carbocycles. The van der Waals surface area contributed by atoms with E-state index in [1.807, 2.05) is 0 Å². The van der Waals surface area contributed by atoms with Gasteiger partial charge >= 0.3 is 0 Å². The molecule has 1 amide bonds. The fourth-order valence-corrected chi connectivity index (χ4v) is 5.03. The van der Waals surface area contributed by atoms with Crippen molar-refractivity contribution in [1.82, 2.24) is 9.29 Å². The lowest BCUT2D eigenvalue weighted by atomic mass is 10.3. The van der Waals surface area contributed by atoms with Crippen LogP contribution >= 0.6 is 11.3 Å². The van der Waals surface area contributed by atoms with E-state index in [9.17, 15) is 13.2 Å². The number of aromatic nitrogens is 1. The van der Waals surface area contributed by atoms with E-state index in [0.717, 1.165) is 17.5 Å². The van der Waals surface area contributed by atoms with Crippen LogP contribution in [0.5, 0.6) is 0 Å². The Morgan fingerprint density at radius 2 is 2.04 bits per heavy atom. The van der Waals surface area contributed by atoms with Gasteiger partial charge in [0.15, 0.2) is 5.13 Å². The third-order valence-electron chi connectivity index (χ3n) is 4.15. The normalized spacial score (nSPS) is 19.5. The second-order valence-electron chi connectivity index (χ2n) is 5.93. The number of hydrogen-bond donors (Lipinski definition) is 1. The highest BCUT2D eigenvalue weighted by Crippen LogP contribution is 2.33. The first kappa shape index (κ1) is 15.9. The van der Waals surface area contributed by atoms with Crippen molar-refractivity contribution < 1.29 is 17.9 Å². The fraction of sp³-hybridized carbons (Fsp3) is 0.467. The van der Waals surface area contributed by atoms with E-state index < -0.39 is 10.0 Å². The topological polar surface area (TPSA) is 88.6 Å². The van der Waals surface area contributed by atoms with Crippen LogP contribution in [-0.4, -0.2) is 49.9 Å². The number of benzene rings is 1. The molecular weight excluding hydrogens is 350 g/mol. The van der Waals surface area contributed by atoms with E-state index in [1.54, 1.807) is 18.2 Å². The van der Waals surface area contributed by atoms with Crippen molar-refractivity contribution in [2.24, 2.45) is 5.92 Å². The molecule has 0 spiro atoms. The molecule has 0 radical (unpaired) electrons. The van der Waals surface area contributed by atoms with Crippen molar-refractivity contribution in [3.8, 4) is 0 Å². The van der Waals surface area contributed by atoms with Crippen LogP contribution in [0.2, 0.25) is 0 Å². The predicted octanol–water partition coefficient (Wildman–Crippen LogP) is 1.67. The summed E-state index contributed by atoms with van der Waals surface area (Å²) in [5.41, 5.74) is 0.687. The Kier molecular flexibility index (Phi) is 4.03. The van der Waals surface area contributed by atoms with Crippen LogP contribution in [0, 0.1) is 5.92 Å². The van der Waals surface area contributed by atoms with E-state index in [2.05, 4.69) is 10.3 Å². The Labute approximate surface area is 143 Å². The van der Waals surface area contributed by atoms with Gasteiger partial charge < -0.3 is 10.1 Å². The number of hydrogen-bond acceptors (Lipinski definition) is 6. The van der Waals surface area contributed by atoms with E-state index in [-0.39, 0.29) is 16.7 Å². The number of carbonyl (C=O) groups excluding carboxylic acids is 1. The van der Waals surface area contributed by atoms with Gasteiger partial charge in [-0.3, -0.25) is 4.79 Å². The number of nitrogens with zero attached hydrogens (tertiary/aromatic N) is 2. The summed E-state index contributed by atoms with van der Waals surface area (Å²) in [6, 6.07) is 4.88. The molecule has 0 atom stereocenters. The minimum Gasteiger partial charge on any atom is -0.379 e. The lowest BCUT2D eigenvalue weighted by molar-refractivity contribution is -0.117. The number of fused-ring (bicyclic) bond motifs is 1. The van der Waals surface area contributed by atoms with Crippen LogP contribution in [0.1, 0.15) is 12.8 Å². The number of carbonyl (C=O) groups is 1. The summed E-state index contributed by atoms with van der Waals surface area (Å²) < 4.78 is 32.8. The van der Waals surface area contributed by atoms with Crippen molar-refractivity contribution in [2.75, 3.05) is 31.6 Å². The summed E-state index contributed by atoms with van der Waals surface area (Å²) in [5.74, 6) is 0.101. The van der Waals surface area contributed by atoms with Gasteiger partial charge in [-0.1, -0.05) is 11.3 Å². The molecule has 128 valence electrons. The maximum atomic E-state index is 12.7. The largest absolute Gasteiger partial charge is 0.379 e. The Balaban J connectivity index is 1.61. The average molecular weight is 367 g/mol. The van der Waals surface area contributed by atoms with E-state index in [0.29, 0.717) is 37.0 Å². The Morgan fingerprint density at radius 1 is 1.29 bits per heavy atom. The number of morpholine rings is 1. The molecular formula is C15H17N3O4S2. The molecule has 24 heavy (non-hydrogen) atoms. The SMILES string of the molecule is O=C(Nc1nc2ccc(S(=O)(=O)N3CCOCC3)cc2s1)C1CC1. The predicted molar refractivity (Wildman–Crippen MR) is 90.6 cm³/mol. The fourth-order valence-electron chi connectivity index (χ4n) is 2.61. The molecule has 1 aromatic heterocycles. The Morgan fingerprint density at radius 3 is 2.75 bits per heavy atom. The minimum atomic E-state index is -3.53. The molecule has 1 aliphatic heterocycles. The molecule has 2 aliphatic rings. The van der Waals surface area contributed by atoms with Crippen LogP contribution < -0.4 is 5.32 Å². The number of thiazole rings is 1. The molecule has 2 heterocycles. The van der Waals surface area contributed by atoms with Crippen molar-refractivity contribution in [2.45, 2.75) is 17.7 Å². The molecule has 1 N–H and O–H groups in total. The quantitative estimate of drug-likeness (QED) is 0.888. The summed E-state index contributed by atoms with van der Waals surface area (Å²) in [4.78, 5) is 16.4. The standard InChI is InChI=1S/C15H17N3O4S2/c19-14(10-1-2-10)17-15-16-12-4-3-11(9-13(12)23-15)24(20,21)18-5-7-22-8-6-18/h3-4,9-10H,1-2,5-8H2,(H,16,17,19). The van der Waals surface area contributed by atoms with Gasteiger partial charge in [0.2, 0.25) is 15.9 Å². The third kappa shape index (κ3) is 3.04. The third-order valence-corrected chi connectivity index (χ3v) is 6.97. The van der Waals surface area contributed by atoms with Gasteiger partial charge in [-0.05, 0) is 31.0 Å². The van der Waals surface area contributed by atoms with Gasteiger partial charge in [-0.15, -0.1) is 0 Å². The first-order chi connectivity index (χ1) is 11.5.